The number of esters is 1. The Kier molecular flexibility index (Phi) is 36.3. The first-order valence-corrected chi connectivity index (χ1v) is 19.1. The van der Waals surface area contributed by atoms with Crippen molar-refractivity contribution in [2.24, 2.45) is 0 Å². The van der Waals surface area contributed by atoms with Crippen LogP contribution in [0.25, 0.3) is 0 Å². The van der Waals surface area contributed by atoms with Crippen molar-refractivity contribution in [2.45, 2.75) is 103 Å². The fraction of sp³-hybridized carbons (Fsp3) is 0.821. The highest BCUT2D eigenvalue weighted by Gasteiger charge is 2.03. The van der Waals surface area contributed by atoms with Crippen LogP contribution in [0.2, 0.25) is 0 Å². The Balaban J connectivity index is 1.65. The van der Waals surface area contributed by atoms with Crippen molar-refractivity contribution in [2.75, 3.05) is 106 Å². The second-order valence-electron chi connectivity index (χ2n) is 12.0. The van der Waals surface area contributed by atoms with Gasteiger partial charge in [0, 0.05) is 6.42 Å². The van der Waals surface area contributed by atoms with E-state index < -0.39 is 0 Å². The first kappa shape index (κ1) is 45.4. The number of hydrogen-bond acceptors (Lipinski definition) is 10. The topological polar surface area (TPSA) is 100 Å². The third kappa shape index (κ3) is 36.0. The van der Waals surface area contributed by atoms with Gasteiger partial charge in [0.25, 0.3) is 0 Å². The molecule has 1 aromatic rings. The van der Waals surface area contributed by atoms with Crippen LogP contribution in [0, 0.1) is 0 Å². The third-order valence-corrected chi connectivity index (χ3v) is 7.69. The zero-order valence-corrected chi connectivity index (χ0v) is 30.9. The number of ether oxygens (including phenoxy) is 9. The number of benzene rings is 1. The Bertz CT molecular complexity index is 782. The van der Waals surface area contributed by atoms with Crippen molar-refractivity contribution in [1.82, 2.24) is 0 Å². The second kappa shape index (κ2) is 39.2. The van der Waals surface area contributed by atoms with E-state index in [2.05, 4.69) is 6.92 Å². The molecule has 0 aliphatic carbocycles. The monoisotopic (exact) mass is 698 g/mol. The van der Waals surface area contributed by atoms with E-state index in [1.54, 1.807) is 0 Å². The van der Waals surface area contributed by atoms with Gasteiger partial charge in [0.05, 0.1) is 106 Å². The molecule has 0 unspecified atom stereocenters. The molecule has 0 saturated carbocycles. The molecule has 0 saturated heterocycles. The van der Waals surface area contributed by atoms with Gasteiger partial charge in [-0.15, -0.1) is 0 Å². The van der Waals surface area contributed by atoms with Crippen molar-refractivity contribution in [3.05, 3.63) is 35.9 Å². The van der Waals surface area contributed by atoms with E-state index in [4.69, 9.17) is 42.6 Å². The Hall–Kier alpha value is -1.63. The Morgan fingerprint density at radius 1 is 0.408 bits per heavy atom. The fourth-order valence-electron chi connectivity index (χ4n) is 4.88. The van der Waals surface area contributed by atoms with Gasteiger partial charge in [0.15, 0.2) is 0 Å². The van der Waals surface area contributed by atoms with Crippen LogP contribution in [0.15, 0.2) is 30.3 Å². The molecule has 0 fully saturated rings. The summed E-state index contributed by atoms with van der Waals surface area (Å²) in [7, 11) is 0. The predicted molar refractivity (Wildman–Crippen MR) is 193 cm³/mol. The molecule has 0 aromatic heterocycles. The lowest BCUT2D eigenvalue weighted by Gasteiger charge is -2.09. The zero-order chi connectivity index (χ0) is 35.0. The van der Waals surface area contributed by atoms with Crippen LogP contribution in [0.4, 0.5) is 0 Å². The lowest BCUT2D eigenvalue weighted by Crippen LogP contribution is -2.15. The van der Waals surface area contributed by atoms with Crippen LogP contribution < -0.4 is 0 Å². The summed E-state index contributed by atoms with van der Waals surface area (Å²) < 4.78 is 49.3. The van der Waals surface area contributed by atoms with E-state index in [9.17, 15) is 4.79 Å². The minimum absolute atomic E-state index is 0.128. The molecule has 0 atom stereocenters. The summed E-state index contributed by atoms with van der Waals surface area (Å²) >= 11 is 0. The van der Waals surface area contributed by atoms with Gasteiger partial charge in [-0.2, -0.15) is 0 Å². The summed E-state index contributed by atoms with van der Waals surface area (Å²) in [6.45, 7) is 10.7. The molecule has 10 nitrogen and oxygen atoms in total. The number of rotatable bonds is 40. The summed E-state index contributed by atoms with van der Waals surface area (Å²) in [6, 6.07) is 10.1. The van der Waals surface area contributed by atoms with Crippen molar-refractivity contribution in [1.29, 1.82) is 0 Å². The summed E-state index contributed by atoms with van der Waals surface area (Å²) in [5.41, 5.74) is 1.16. The number of hydrogen-bond donors (Lipinski definition) is 0. The van der Waals surface area contributed by atoms with Crippen LogP contribution in [-0.2, 0) is 54.0 Å². The van der Waals surface area contributed by atoms with E-state index in [1.807, 2.05) is 30.3 Å². The maximum Gasteiger partial charge on any atom is 0.305 e. The van der Waals surface area contributed by atoms with E-state index >= 15 is 0 Å². The molecule has 10 heteroatoms. The molecule has 0 bridgehead atoms. The highest BCUT2D eigenvalue weighted by Crippen LogP contribution is 2.13. The first-order chi connectivity index (χ1) is 24.3. The number of carbonyl (C=O) groups is 1. The Morgan fingerprint density at radius 3 is 1.12 bits per heavy atom. The lowest BCUT2D eigenvalue weighted by atomic mass is 10.0. The van der Waals surface area contributed by atoms with Crippen LogP contribution in [0.1, 0.15) is 102 Å². The second-order valence-corrected chi connectivity index (χ2v) is 12.0. The SMILES string of the molecule is CCCCCCCCCCCCCCCC(=O)OCCOCCOCCOCCOCCOCCOCCOCCOCc1ccccc1. The van der Waals surface area contributed by atoms with Gasteiger partial charge in [0.1, 0.15) is 6.61 Å². The summed E-state index contributed by atoms with van der Waals surface area (Å²) in [5, 5.41) is 0. The number of unbranched alkanes of at least 4 members (excludes halogenated alkanes) is 12. The molecule has 1 rings (SSSR count). The normalized spacial score (nSPS) is 11.4. The molecular formula is C39H70O10. The van der Waals surface area contributed by atoms with Crippen molar-refractivity contribution in [3.63, 3.8) is 0 Å². The highest BCUT2D eigenvalue weighted by molar-refractivity contribution is 5.69. The van der Waals surface area contributed by atoms with E-state index in [0.717, 1.165) is 18.4 Å². The average Bonchev–Trinajstić information content (AvgIpc) is 3.12. The average molecular weight is 699 g/mol. The molecule has 0 N–H and O–H groups in total. The Morgan fingerprint density at radius 2 is 0.735 bits per heavy atom. The number of carbonyl (C=O) groups excluding carboxylic acids is 1. The summed E-state index contributed by atoms with van der Waals surface area (Å²) in [4.78, 5) is 11.9. The van der Waals surface area contributed by atoms with Crippen LogP contribution in [-0.4, -0.2) is 112 Å². The fourth-order valence-corrected chi connectivity index (χ4v) is 4.88. The highest BCUT2D eigenvalue weighted by atomic mass is 16.6. The van der Waals surface area contributed by atoms with E-state index in [-0.39, 0.29) is 5.97 Å². The van der Waals surface area contributed by atoms with E-state index in [1.165, 1.54) is 70.6 Å². The molecular weight excluding hydrogens is 628 g/mol. The Labute approximate surface area is 298 Å². The summed E-state index contributed by atoms with van der Waals surface area (Å²) in [6.07, 6.45) is 17.4. The molecule has 0 radical (unpaired) electrons. The van der Waals surface area contributed by atoms with Gasteiger partial charge < -0.3 is 42.6 Å². The molecule has 49 heavy (non-hydrogen) atoms. The molecule has 0 heterocycles. The predicted octanol–water partition coefficient (Wildman–Crippen LogP) is 7.34. The van der Waals surface area contributed by atoms with Crippen LogP contribution in [0.5, 0.6) is 0 Å². The molecule has 0 amide bonds. The molecule has 0 aliphatic rings. The standard InChI is InChI=1S/C39H70O10/c1-2-3-4-5-6-7-8-9-10-11-12-13-17-20-39(40)49-36-35-47-32-31-45-28-27-43-24-23-41-21-22-42-25-26-44-29-30-46-33-34-48-37-38-18-15-14-16-19-38/h14-16,18-19H,2-13,17,20-37H2,1H3. The maximum absolute atomic E-state index is 11.9. The van der Waals surface area contributed by atoms with Crippen LogP contribution in [0.3, 0.4) is 0 Å². The van der Waals surface area contributed by atoms with Gasteiger partial charge in [-0.05, 0) is 12.0 Å². The van der Waals surface area contributed by atoms with Crippen molar-refractivity contribution in [3.8, 4) is 0 Å². The van der Waals surface area contributed by atoms with E-state index in [0.29, 0.717) is 119 Å². The molecule has 1 aromatic carbocycles. The smallest absolute Gasteiger partial charge is 0.305 e. The van der Waals surface area contributed by atoms with Gasteiger partial charge >= 0.3 is 5.97 Å². The minimum Gasteiger partial charge on any atom is -0.463 e. The van der Waals surface area contributed by atoms with Crippen molar-refractivity contribution < 1.29 is 47.4 Å². The van der Waals surface area contributed by atoms with Gasteiger partial charge in [-0.3, -0.25) is 4.79 Å². The quantitative estimate of drug-likeness (QED) is 0.0511. The summed E-state index contributed by atoms with van der Waals surface area (Å²) in [5.74, 6) is -0.128. The van der Waals surface area contributed by atoms with Gasteiger partial charge in [-0.1, -0.05) is 114 Å². The molecule has 0 spiro atoms. The van der Waals surface area contributed by atoms with Gasteiger partial charge in [0.2, 0.25) is 0 Å². The maximum atomic E-state index is 11.9. The lowest BCUT2D eigenvalue weighted by molar-refractivity contribution is -0.145. The van der Waals surface area contributed by atoms with Gasteiger partial charge in [-0.25, -0.2) is 0 Å². The zero-order valence-electron chi connectivity index (χ0n) is 30.9. The first-order valence-electron chi connectivity index (χ1n) is 19.1. The third-order valence-electron chi connectivity index (χ3n) is 7.69. The van der Waals surface area contributed by atoms with Crippen molar-refractivity contribution >= 4 is 5.97 Å². The molecule has 286 valence electrons. The molecule has 0 aliphatic heterocycles. The largest absolute Gasteiger partial charge is 0.463 e. The minimum atomic E-state index is -0.128. The van der Waals surface area contributed by atoms with Crippen LogP contribution >= 0.6 is 0 Å².